The minimum absolute atomic E-state index is 0.326. The summed E-state index contributed by atoms with van der Waals surface area (Å²) < 4.78 is 5.26. The fourth-order valence-electron chi connectivity index (χ4n) is 1.02. The first-order chi connectivity index (χ1) is 5.84. The van der Waals surface area contributed by atoms with E-state index in [0.717, 1.165) is 18.1 Å². The van der Waals surface area contributed by atoms with Gasteiger partial charge in [-0.1, -0.05) is 0 Å². The molecule has 0 aliphatic carbocycles. The van der Waals surface area contributed by atoms with Gasteiger partial charge < -0.3 is 9.73 Å². The number of thioether (sulfide) groups is 1. The maximum atomic E-state index is 5.26. The molecule has 1 atom stereocenters. The molecule has 1 N–H and O–H groups in total. The molecule has 2 nitrogen and oxygen atoms in total. The Balaban J connectivity index is 2.25. The van der Waals surface area contributed by atoms with E-state index in [1.54, 1.807) is 6.26 Å². The van der Waals surface area contributed by atoms with Crippen molar-refractivity contribution in [3.63, 3.8) is 0 Å². The minimum Gasteiger partial charge on any atom is -0.468 e. The van der Waals surface area contributed by atoms with Gasteiger partial charge in [0.25, 0.3) is 0 Å². The number of nitrogens with one attached hydrogen (secondary N) is 1. The van der Waals surface area contributed by atoms with Gasteiger partial charge >= 0.3 is 0 Å². The Morgan fingerprint density at radius 1 is 1.67 bits per heavy atom. The summed E-state index contributed by atoms with van der Waals surface area (Å²) in [5, 5.41) is 3.37. The molecule has 68 valence electrons. The van der Waals surface area contributed by atoms with E-state index in [2.05, 4.69) is 18.5 Å². The summed E-state index contributed by atoms with van der Waals surface area (Å²) in [5.41, 5.74) is 0. The molecule has 0 saturated carbocycles. The molecule has 0 aliphatic heterocycles. The lowest BCUT2D eigenvalue weighted by molar-refractivity contribution is 0.438. The van der Waals surface area contributed by atoms with Crippen molar-refractivity contribution in [2.75, 3.05) is 18.6 Å². The number of furan rings is 1. The first kappa shape index (κ1) is 9.68. The maximum Gasteiger partial charge on any atom is 0.120 e. The molecule has 1 heterocycles. The second-order valence-electron chi connectivity index (χ2n) is 2.68. The molecule has 0 saturated heterocycles. The molecule has 0 spiro atoms. The molecule has 0 bridgehead atoms. The zero-order chi connectivity index (χ0) is 8.81. The van der Waals surface area contributed by atoms with E-state index in [4.69, 9.17) is 4.42 Å². The van der Waals surface area contributed by atoms with Gasteiger partial charge in [-0.05, 0) is 25.3 Å². The normalized spacial score (nSPS) is 13.2. The molecule has 1 aromatic heterocycles. The zero-order valence-electron chi connectivity index (χ0n) is 7.54. The predicted octanol–water partition coefficient (Wildman–Crippen LogP) is 2.29. The van der Waals surface area contributed by atoms with Crippen molar-refractivity contribution < 1.29 is 4.42 Å². The molecule has 1 aromatic rings. The fourth-order valence-corrected chi connectivity index (χ4v) is 1.34. The van der Waals surface area contributed by atoms with Crippen molar-refractivity contribution in [1.82, 2.24) is 5.32 Å². The van der Waals surface area contributed by atoms with Crippen LogP contribution in [0.5, 0.6) is 0 Å². The molecule has 0 fully saturated rings. The summed E-state index contributed by atoms with van der Waals surface area (Å²) in [5.74, 6) is 2.15. The summed E-state index contributed by atoms with van der Waals surface area (Å²) in [4.78, 5) is 0. The summed E-state index contributed by atoms with van der Waals surface area (Å²) in [6.45, 7) is 3.14. The third kappa shape index (κ3) is 2.91. The van der Waals surface area contributed by atoms with Crippen LogP contribution in [0, 0.1) is 0 Å². The Morgan fingerprint density at radius 3 is 3.08 bits per heavy atom. The molecule has 0 aromatic carbocycles. The molecule has 12 heavy (non-hydrogen) atoms. The minimum atomic E-state index is 0.326. The van der Waals surface area contributed by atoms with Gasteiger partial charge in [-0.2, -0.15) is 11.8 Å². The predicted molar refractivity (Wildman–Crippen MR) is 53.5 cm³/mol. The van der Waals surface area contributed by atoms with Gasteiger partial charge in [0.1, 0.15) is 5.76 Å². The van der Waals surface area contributed by atoms with Crippen LogP contribution in [-0.2, 0) is 0 Å². The van der Waals surface area contributed by atoms with Crippen molar-refractivity contribution in [3.05, 3.63) is 24.2 Å². The second kappa shape index (κ2) is 5.27. The summed E-state index contributed by atoms with van der Waals surface area (Å²) in [6.07, 6.45) is 3.82. The van der Waals surface area contributed by atoms with Crippen molar-refractivity contribution in [2.24, 2.45) is 0 Å². The van der Waals surface area contributed by atoms with E-state index in [0.29, 0.717) is 6.04 Å². The average molecular weight is 185 g/mol. The van der Waals surface area contributed by atoms with E-state index in [9.17, 15) is 0 Å². The number of rotatable bonds is 5. The summed E-state index contributed by atoms with van der Waals surface area (Å²) in [7, 11) is 0. The van der Waals surface area contributed by atoms with E-state index >= 15 is 0 Å². The first-order valence-electron chi connectivity index (χ1n) is 4.10. The standard InChI is InChI=1S/C9H15NOS/c1-8(10-5-7-12-2)9-4-3-6-11-9/h3-4,6,8,10H,5,7H2,1-2H3/t8-/m0/s1. The van der Waals surface area contributed by atoms with E-state index in [1.807, 2.05) is 23.9 Å². The highest BCUT2D eigenvalue weighted by atomic mass is 32.2. The van der Waals surface area contributed by atoms with Crippen molar-refractivity contribution in [2.45, 2.75) is 13.0 Å². The van der Waals surface area contributed by atoms with Crippen LogP contribution < -0.4 is 5.32 Å². The smallest absolute Gasteiger partial charge is 0.120 e. The van der Waals surface area contributed by atoms with Crippen LogP contribution in [0.2, 0.25) is 0 Å². The van der Waals surface area contributed by atoms with Crippen LogP contribution in [0.15, 0.2) is 22.8 Å². The average Bonchev–Trinajstić information content (AvgIpc) is 2.56. The molecule has 1 rings (SSSR count). The SMILES string of the molecule is CSCCN[C@@H](C)c1ccco1. The van der Waals surface area contributed by atoms with Crippen LogP contribution >= 0.6 is 11.8 Å². The molecule has 0 radical (unpaired) electrons. The Bertz CT molecular complexity index is 198. The van der Waals surface area contributed by atoms with Crippen molar-refractivity contribution in [1.29, 1.82) is 0 Å². The van der Waals surface area contributed by atoms with Gasteiger partial charge in [0, 0.05) is 12.3 Å². The number of hydrogen-bond acceptors (Lipinski definition) is 3. The Labute approximate surface area is 77.7 Å². The summed E-state index contributed by atoms with van der Waals surface area (Å²) in [6, 6.07) is 4.24. The molecule has 0 unspecified atom stereocenters. The molecular weight excluding hydrogens is 170 g/mol. The van der Waals surface area contributed by atoms with E-state index in [-0.39, 0.29) is 0 Å². The Hall–Kier alpha value is -0.410. The van der Waals surface area contributed by atoms with Crippen LogP contribution in [0.1, 0.15) is 18.7 Å². The van der Waals surface area contributed by atoms with Crippen molar-refractivity contribution >= 4 is 11.8 Å². The van der Waals surface area contributed by atoms with Crippen LogP contribution in [0.25, 0.3) is 0 Å². The number of hydrogen-bond donors (Lipinski definition) is 1. The van der Waals surface area contributed by atoms with Crippen molar-refractivity contribution in [3.8, 4) is 0 Å². The first-order valence-corrected chi connectivity index (χ1v) is 5.49. The zero-order valence-corrected chi connectivity index (χ0v) is 8.36. The van der Waals surface area contributed by atoms with E-state index in [1.165, 1.54) is 0 Å². The third-order valence-corrected chi connectivity index (χ3v) is 2.34. The Morgan fingerprint density at radius 2 is 2.50 bits per heavy atom. The largest absolute Gasteiger partial charge is 0.468 e. The molecular formula is C9H15NOS. The monoisotopic (exact) mass is 185 g/mol. The second-order valence-corrected chi connectivity index (χ2v) is 3.67. The van der Waals surface area contributed by atoms with Crippen LogP contribution in [-0.4, -0.2) is 18.6 Å². The lowest BCUT2D eigenvalue weighted by atomic mass is 10.2. The highest BCUT2D eigenvalue weighted by Crippen LogP contribution is 2.11. The lowest BCUT2D eigenvalue weighted by Gasteiger charge is -2.09. The highest BCUT2D eigenvalue weighted by molar-refractivity contribution is 7.98. The summed E-state index contributed by atoms with van der Waals surface area (Å²) >= 11 is 1.85. The van der Waals surface area contributed by atoms with Gasteiger partial charge in [0.2, 0.25) is 0 Å². The topological polar surface area (TPSA) is 25.2 Å². The van der Waals surface area contributed by atoms with Crippen LogP contribution in [0.3, 0.4) is 0 Å². The molecule has 3 heteroatoms. The Kier molecular flexibility index (Phi) is 4.25. The van der Waals surface area contributed by atoms with Gasteiger partial charge in [-0.3, -0.25) is 0 Å². The fraction of sp³-hybridized carbons (Fsp3) is 0.556. The maximum absolute atomic E-state index is 5.26. The van der Waals surface area contributed by atoms with Gasteiger partial charge in [-0.15, -0.1) is 0 Å². The lowest BCUT2D eigenvalue weighted by Crippen LogP contribution is -2.20. The quantitative estimate of drug-likeness (QED) is 0.712. The highest BCUT2D eigenvalue weighted by Gasteiger charge is 2.05. The van der Waals surface area contributed by atoms with Gasteiger partial charge in [0.05, 0.1) is 12.3 Å². The van der Waals surface area contributed by atoms with Crippen LogP contribution in [0.4, 0.5) is 0 Å². The molecule has 0 aliphatic rings. The third-order valence-electron chi connectivity index (χ3n) is 1.73. The van der Waals surface area contributed by atoms with E-state index < -0.39 is 0 Å². The van der Waals surface area contributed by atoms with Gasteiger partial charge in [0.15, 0.2) is 0 Å². The molecule has 0 amide bonds. The van der Waals surface area contributed by atoms with Gasteiger partial charge in [-0.25, -0.2) is 0 Å².